The van der Waals surface area contributed by atoms with Gasteiger partial charge in [0.1, 0.15) is 11.9 Å². The fraction of sp³-hybridized carbons (Fsp3) is 0.348. The molecule has 0 spiro atoms. The van der Waals surface area contributed by atoms with E-state index in [4.69, 9.17) is 16.3 Å². The zero-order chi connectivity index (χ0) is 20.7. The molecule has 1 saturated carbocycles. The van der Waals surface area contributed by atoms with E-state index in [-0.39, 0.29) is 23.9 Å². The molecule has 2 aliphatic rings. The smallest absolute Gasteiger partial charge is 0.293 e. The summed E-state index contributed by atoms with van der Waals surface area (Å²) in [5.41, 5.74) is 1.82. The predicted molar refractivity (Wildman–Crippen MR) is 114 cm³/mol. The van der Waals surface area contributed by atoms with E-state index in [1.54, 1.807) is 4.90 Å². The van der Waals surface area contributed by atoms with Crippen molar-refractivity contribution in [3.8, 4) is 5.69 Å². The fourth-order valence-corrected chi connectivity index (χ4v) is 4.13. The number of hydrogen-bond acceptors (Lipinski definition) is 4. The molecular weight excluding hydrogens is 400 g/mol. The highest BCUT2D eigenvalue weighted by Crippen LogP contribution is 2.40. The maximum atomic E-state index is 13.4. The summed E-state index contributed by atoms with van der Waals surface area (Å²) in [6.45, 7) is 2.84. The molecule has 30 heavy (non-hydrogen) atoms. The average molecular weight is 423 g/mol. The lowest BCUT2D eigenvalue weighted by Crippen LogP contribution is -2.48. The number of benzene rings is 2. The van der Waals surface area contributed by atoms with Gasteiger partial charge in [-0.1, -0.05) is 48.0 Å². The summed E-state index contributed by atoms with van der Waals surface area (Å²) < 4.78 is 7.82. The van der Waals surface area contributed by atoms with Gasteiger partial charge in [0.15, 0.2) is 0 Å². The molecule has 2 atom stereocenters. The van der Waals surface area contributed by atoms with Crippen LogP contribution in [0.2, 0.25) is 5.02 Å². The molecule has 1 saturated heterocycles. The van der Waals surface area contributed by atoms with Crippen LogP contribution in [0.1, 0.15) is 53.8 Å². The van der Waals surface area contributed by atoms with Crippen LogP contribution in [0, 0.1) is 0 Å². The lowest BCUT2D eigenvalue weighted by molar-refractivity contribution is -0.0490. The molecular formula is C23H23ClN4O2. The third kappa shape index (κ3) is 3.61. The molecule has 1 aliphatic heterocycles. The van der Waals surface area contributed by atoms with Gasteiger partial charge in [-0.05, 0) is 38.0 Å². The van der Waals surface area contributed by atoms with Crippen molar-refractivity contribution < 1.29 is 9.53 Å². The second-order valence-electron chi connectivity index (χ2n) is 7.97. The van der Waals surface area contributed by atoms with E-state index in [1.807, 2.05) is 66.2 Å². The van der Waals surface area contributed by atoms with Crippen molar-refractivity contribution in [1.82, 2.24) is 19.7 Å². The number of amides is 1. The second-order valence-corrected chi connectivity index (χ2v) is 8.37. The molecule has 2 unspecified atom stereocenters. The van der Waals surface area contributed by atoms with Gasteiger partial charge in [-0.25, -0.2) is 9.67 Å². The number of hydrogen-bond donors (Lipinski definition) is 0. The van der Waals surface area contributed by atoms with Gasteiger partial charge in [-0.15, -0.1) is 5.10 Å². The lowest BCUT2D eigenvalue weighted by atomic mass is 10.1. The molecule has 6 nitrogen and oxygen atoms in total. The topological polar surface area (TPSA) is 60.2 Å². The Balaban J connectivity index is 1.44. The van der Waals surface area contributed by atoms with Crippen LogP contribution in [0.5, 0.6) is 0 Å². The number of carbonyl (C=O) groups is 1. The standard InChI is InChI=1S/C23H23ClN4O2/c1-15-14-30-20(18-9-5-6-10-19(18)24)13-27(15)23(29)21-25-22(16-11-12-16)28(26-21)17-7-3-2-4-8-17/h2-10,15-16,20H,11-14H2,1H3. The summed E-state index contributed by atoms with van der Waals surface area (Å²) in [7, 11) is 0. The first-order valence-corrected chi connectivity index (χ1v) is 10.7. The van der Waals surface area contributed by atoms with Crippen LogP contribution in [0.25, 0.3) is 5.69 Å². The van der Waals surface area contributed by atoms with Gasteiger partial charge in [0.05, 0.1) is 24.9 Å². The zero-order valence-corrected chi connectivity index (χ0v) is 17.5. The molecule has 2 heterocycles. The first kappa shape index (κ1) is 19.3. The number of nitrogens with zero attached hydrogens (tertiary/aromatic N) is 4. The number of para-hydroxylation sites is 1. The molecule has 2 fully saturated rings. The van der Waals surface area contributed by atoms with Gasteiger partial charge in [-0.2, -0.15) is 0 Å². The maximum Gasteiger partial charge on any atom is 0.293 e. The highest BCUT2D eigenvalue weighted by atomic mass is 35.5. The second kappa shape index (κ2) is 7.85. The highest BCUT2D eigenvalue weighted by molar-refractivity contribution is 6.31. The van der Waals surface area contributed by atoms with Crippen molar-refractivity contribution in [3.63, 3.8) is 0 Å². The Hall–Kier alpha value is -2.70. The molecule has 2 aromatic carbocycles. The fourth-order valence-electron chi connectivity index (χ4n) is 3.87. The monoisotopic (exact) mass is 422 g/mol. The molecule has 1 aromatic heterocycles. The summed E-state index contributed by atoms with van der Waals surface area (Å²) in [6.07, 6.45) is 1.90. The van der Waals surface area contributed by atoms with E-state index in [0.29, 0.717) is 24.1 Å². The van der Waals surface area contributed by atoms with Crippen LogP contribution in [0.3, 0.4) is 0 Å². The van der Waals surface area contributed by atoms with Crippen molar-refractivity contribution in [3.05, 3.63) is 76.8 Å². The Morgan fingerprint density at radius 2 is 1.83 bits per heavy atom. The predicted octanol–water partition coefficient (Wildman–Crippen LogP) is 4.40. The van der Waals surface area contributed by atoms with Gasteiger partial charge in [0.25, 0.3) is 5.91 Å². The lowest BCUT2D eigenvalue weighted by Gasteiger charge is -2.37. The minimum absolute atomic E-state index is 0.0655. The largest absolute Gasteiger partial charge is 0.369 e. The Kier molecular flexibility index (Phi) is 5.05. The van der Waals surface area contributed by atoms with Gasteiger partial charge in [0.2, 0.25) is 5.82 Å². The van der Waals surface area contributed by atoms with E-state index < -0.39 is 0 Å². The van der Waals surface area contributed by atoms with Crippen molar-refractivity contribution in [1.29, 1.82) is 0 Å². The SMILES string of the molecule is CC1COC(c2ccccc2Cl)CN1C(=O)c1nc(C2CC2)n(-c2ccccc2)n1. The van der Waals surface area contributed by atoms with Crippen LogP contribution in [0.15, 0.2) is 54.6 Å². The average Bonchev–Trinajstić information content (AvgIpc) is 3.53. The minimum atomic E-state index is -0.266. The maximum absolute atomic E-state index is 13.4. The van der Waals surface area contributed by atoms with E-state index >= 15 is 0 Å². The van der Waals surface area contributed by atoms with Crippen molar-refractivity contribution in [2.45, 2.75) is 37.8 Å². The Morgan fingerprint density at radius 3 is 2.57 bits per heavy atom. The number of ether oxygens (including phenoxy) is 1. The minimum Gasteiger partial charge on any atom is -0.369 e. The summed E-state index contributed by atoms with van der Waals surface area (Å²) in [6, 6.07) is 17.4. The van der Waals surface area contributed by atoms with Gasteiger partial charge in [0, 0.05) is 16.5 Å². The quantitative estimate of drug-likeness (QED) is 0.625. The molecule has 1 amide bonds. The Morgan fingerprint density at radius 1 is 1.10 bits per heavy atom. The van der Waals surface area contributed by atoms with Gasteiger partial charge < -0.3 is 9.64 Å². The van der Waals surface area contributed by atoms with Gasteiger partial charge >= 0.3 is 0 Å². The Bertz CT molecular complexity index is 1060. The van der Waals surface area contributed by atoms with Crippen molar-refractivity contribution >= 4 is 17.5 Å². The molecule has 7 heteroatoms. The number of aromatic nitrogens is 3. The van der Waals surface area contributed by atoms with E-state index in [2.05, 4.69) is 10.1 Å². The van der Waals surface area contributed by atoms with E-state index in [0.717, 1.165) is 29.9 Å². The van der Waals surface area contributed by atoms with Crippen molar-refractivity contribution in [2.24, 2.45) is 0 Å². The van der Waals surface area contributed by atoms with Crippen LogP contribution >= 0.6 is 11.6 Å². The van der Waals surface area contributed by atoms with E-state index in [1.165, 1.54) is 0 Å². The number of carbonyl (C=O) groups excluding carboxylic acids is 1. The number of rotatable bonds is 4. The number of morpholine rings is 1. The molecule has 5 rings (SSSR count). The van der Waals surface area contributed by atoms with Crippen LogP contribution in [0.4, 0.5) is 0 Å². The molecule has 154 valence electrons. The summed E-state index contributed by atoms with van der Waals surface area (Å²) in [5.74, 6) is 1.32. The van der Waals surface area contributed by atoms with Crippen molar-refractivity contribution in [2.75, 3.05) is 13.2 Å². The van der Waals surface area contributed by atoms with Crippen LogP contribution < -0.4 is 0 Å². The third-order valence-corrected chi connectivity index (χ3v) is 6.06. The molecule has 0 radical (unpaired) electrons. The number of halogens is 1. The van der Waals surface area contributed by atoms with Crippen LogP contribution in [-0.4, -0.2) is 44.8 Å². The van der Waals surface area contributed by atoms with Gasteiger partial charge in [-0.3, -0.25) is 4.79 Å². The third-order valence-electron chi connectivity index (χ3n) is 5.71. The molecule has 0 bridgehead atoms. The summed E-state index contributed by atoms with van der Waals surface area (Å²) >= 11 is 6.36. The first-order chi connectivity index (χ1) is 14.6. The normalized spacial score (nSPS) is 21.6. The summed E-state index contributed by atoms with van der Waals surface area (Å²) in [5, 5.41) is 5.26. The zero-order valence-electron chi connectivity index (χ0n) is 16.7. The highest BCUT2D eigenvalue weighted by Gasteiger charge is 2.36. The van der Waals surface area contributed by atoms with Crippen LogP contribution in [-0.2, 0) is 4.74 Å². The molecule has 0 N–H and O–H groups in total. The Labute approximate surface area is 180 Å². The summed E-state index contributed by atoms with van der Waals surface area (Å²) in [4.78, 5) is 19.9. The van der Waals surface area contributed by atoms with E-state index in [9.17, 15) is 4.79 Å². The molecule has 3 aromatic rings. The molecule has 1 aliphatic carbocycles. The first-order valence-electron chi connectivity index (χ1n) is 10.3.